The molecule has 1 nitrogen and oxygen atoms in total. The third-order valence-corrected chi connectivity index (χ3v) is 3.25. The second-order valence-corrected chi connectivity index (χ2v) is 5.06. The van der Waals surface area contributed by atoms with Gasteiger partial charge in [0.25, 0.3) is 0 Å². The normalized spacial score (nSPS) is 10.7. The van der Waals surface area contributed by atoms with Crippen LogP contribution in [-0.4, -0.2) is 18.1 Å². The Bertz CT molecular complexity index is 289. The van der Waals surface area contributed by atoms with Gasteiger partial charge in [0.1, 0.15) is 5.82 Å². The lowest BCUT2D eigenvalue weighted by Crippen LogP contribution is -2.05. The van der Waals surface area contributed by atoms with Crippen LogP contribution in [0.5, 0.6) is 0 Å². The minimum absolute atomic E-state index is 0.185. The van der Waals surface area contributed by atoms with Crippen molar-refractivity contribution in [2.45, 2.75) is 13.8 Å². The number of hydrogen-bond acceptors (Lipinski definition) is 2. The summed E-state index contributed by atoms with van der Waals surface area (Å²) in [4.78, 5) is 0. The Kier molecular flexibility index (Phi) is 5.54. The second-order valence-electron chi connectivity index (χ2n) is 3.91. The van der Waals surface area contributed by atoms with Crippen molar-refractivity contribution in [3.63, 3.8) is 0 Å². The molecule has 1 N–H and O–H groups in total. The predicted molar refractivity (Wildman–Crippen MR) is 67.1 cm³/mol. The van der Waals surface area contributed by atoms with Crippen LogP contribution in [0.3, 0.4) is 0 Å². The first-order chi connectivity index (χ1) is 7.18. The van der Waals surface area contributed by atoms with Crippen molar-refractivity contribution >= 4 is 17.4 Å². The highest BCUT2D eigenvalue weighted by molar-refractivity contribution is 7.99. The molecule has 0 bridgehead atoms. The van der Waals surface area contributed by atoms with E-state index in [1.165, 1.54) is 17.9 Å². The van der Waals surface area contributed by atoms with Gasteiger partial charge < -0.3 is 5.32 Å². The van der Waals surface area contributed by atoms with Crippen LogP contribution < -0.4 is 5.32 Å². The van der Waals surface area contributed by atoms with E-state index in [0.29, 0.717) is 0 Å². The standard InChI is InChI=1S/C12H18FNS/c1-10(2)9-15-7-6-14-12-5-3-4-11(13)8-12/h3-5,8,10,14H,6-7,9H2,1-2H3. The fourth-order valence-electron chi connectivity index (χ4n) is 1.19. The van der Waals surface area contributed by atoms with Gasteiger partial charge in [0.2, 0.25) is 0 Å². The molecular weight excluding hydrogens is 209 g/mol. The SMILES string of the molecule is CC(C)CSCCNc1cccc(F)c1. The molecule has 0 atom stereocenters. The largest absolute Gasteiger partial charge is 0.384 e. The highest BCUT2D eigenvalue weighted by Crippen LogP contribution is 2.10. The number of rotatable bonds is 6. The number of benzene rings is 1. The highest BCUT2D eigenvalue weighted by Gasteiger charge is 1.96. The van der Waals surface area contributed by atoms with Gasteiger partial charge >= 0.3 is 0 Å². The minimum Gasteiger partial charge on any atom is -0.384 e. The average molecular weight is 227 g/mol. The Morgan fingerprint density at radius 1 is 1.40 bits per heavy atom. The number of thioether (sulfide) groups is 1. The first-order valence-corrected chi connectivity index (χ1v) is 6.41. The summed E-state index contributed by atoms with van der Waals surface area (Å²) in [6.07, 6.45) is 0. The Labute approximate surface area is 95.5 Å². The summed E-state index contributed by atoms with van der Waals surface area (Å²) in [5.41, 5.74) is 0.861. The monoisotopic (exact) mass is 227 g/mol. The van der Waals surface area contributed by atoms with Crippen molar-refractivity contribution in [3.8, 4) is 0 Å². The van der Waals surface area contributed by atoms with E-state index in [4.69, 9.17) is 0 Å². The first kappa shape index (κ1) is 12.4. The molecule has 0 saturated heterocycles. The number of halogens is 1. The maximum absolute atomic E-state index is 12.8. The van der Waals surface area contributed by atoms with Crippen molar-refractivity contribution in [2.75, 3.05) is 23.4 Å². The topological polar surface area (TPSA) is 12.0 Å². The molecule has 1 aromatic carbocycles. The molecular formula is C12H18FNS. The molecule has 0 spiro atoms. The Hall–Kier alpha value is -0.700. The fourth-order valence-corrected chi connectivity index (χ4v) is 2.07. The zero-order valence-corrected chi connectivity index (χ0v) is 10.1. The van der Waals surface area contributed by atoms with Crippen LogP contribution in [0, 0.1) is 11.7 Å². The molecule has 0 heterocycles. The molecule has 1 aromatic rings. The number of anilines is 1. The Morgan fingerprint density at radius 3 is 2.87 bits per heavy atom. The van der Waals surface area contributed by atoms with Crippen molar-refractivity contribution in [2.24, 2.45) is 5.92 Å². The molecule has 0 aliphatic heterocycles. The molecule has 84 valence electrons. The van der Waals surface area contributed by atoms with Gasteiger partial charge in [-0.15, -0.1) is 0 Å². The maximum Gasteiger partial charge on any atom is 0.125 e. The van der Waals surface area contributed by atoms with Gasteiger partial charge in [0.15, 0.2) is 0 Å². The van der Waals surface area contributed by atoms with Crippen LogP contribution >= 0.6 is 11.8 Å². The Morgan fingerprint density at radius 2 is 2.20 bits per heavy atom. The van der Waals surface area contributed by atoms with Crippen LogP contribution in [0.2, 0.25) is 0 Å². The molecule has 15 heavy (non-hydrogen) atoms. The summed E-state index contributed by atoms with van der Waals surface area (Å²) < 4.78 is 12.8. The second kappa shape index (κ2) is 6.72. The molecule has 0 radical (unpaired) electrons. The van der Waals surface area contributed by atoms with Crippen molar-refractivity contribution < 1.29 is 4.39 Å². The highest BCUT2D eigenvalue weighted by atomic mass is 32.2. The molecule has 0 aliphatic rings. The van der Waals surface area contributed by atoms with Crippen molar-refractivity contribution in [1.82, 2.24) is 0 Å². The zero-order valence-electron chi connectivity index (χ0n) is 9.29. The van der Waals surface area contributed by atoms with E-state index in [-0.39, 0.29) is 5.82 Å². The summed E-state index contributed by atoms with van der Waals surface area (Å²) in [5, 5.41) is 3.20. The maximum atomic E-state index is 12.8. The van der Waals surface area contributed by atoms with E-state index >= 15 is 0 Å². The fraction of sp³-hybridized carbons (Fsp3) is 0.500. The smallest absolute Gasteiger partial charge is 0.125 e. The lowest BCUT2D eigenvalue weighted by molar-refractivity contribution is 0.628. The Balaban J connectivity index is 2.15. The van der Waals surface area contributed by atoms with Crippen LogP contribution in [0.1, 0.15) is 13.8 Å². The lowest BCUT2D eigenvalue weighted by Gasteiger charge is -2.07. The van der Waals surface area contributed by atoms with Gasteiger partial charge in [-0.2, -0.15) is 11.8 Å². The summed E-state index contributed by atoms with van der Waals surface area (Å²) in [6, 6.07) is 6.58. The van der Waals surface area contributed by atoms with Gasteiger partial charge in [0.05, 0.1) is 0 Å². The molecule has 1 rings (SSSR count). The molecule has 0 saturated carbocycles. The minimum atomic E-state index is -0.185. The molecule has 0 fully saturated rings. The van der Waals surface area contributed by atoms with Crippen LogP contribution in [0.4, 0.5) is 10.1 Å². The molecule has 0 unspecified atom stereocenters. The van der Waals surface area contributed by atoms with Gasteiger partial charge in [-0.05, 0) is 29.9 Å². The molecule has 0 aromatic heterocycles. The van der Waals surface area contributed by atoms with E-state index in [1.807, 2.05) is 17.8 Å². The van der Waals surface area contributed by atoms with Gasteiger partial charge in [-0.1, -0.05) is 19.9 Å². The summed E-state index contributed by atoms with van der Waals surface area (Å²) in [7, 11) is 0. The number of nitrogens with one attached hydrogen (secondary N) is 1. The van der Waals surface area contributed by atoms with E-state index in [1.54, 1.807) is 6.07 Å². The zero-order chi connectivity index (χ0) is 11.1. The molecule has 3 heteroatoms. The van der Waals surface area contributed by atoms with Crippen molar-refractivity contribution in [3.05, 3.63) is 30.1 Å². The number of hydrogen-bond donors (Lipinski definition) is 1. The molecule has 0 aliphatic carbocycles. The third kappa shape index (κ3) is 5.67. The summed E-state index contributed by atoms with van der Waals surface area (Å²) in [5.74, 6) is 2.80. The predicted octanol–water partition coefficient (Wildman–Crippen LogP) is 3.63. The molecule has 0 amide bonds. The quantitative estimate of drug-likeness (QED) is 0.745. The van der Waals surface area contributed by atoms with Gasteiger partial charge in [0, 0.05) is 18.0 Å². The third-order valence-electron chi connectivity index (χ3n) is 1.85. The van der Waals surface area contributed by atoms with Crippen molar-refractivity contribution in [1.29, 1.82) is 0 Å². The van der Waals surface area contributed by atoms with E-state index in [9.17, 15) is 4.39 Å². The van der Waals surface area contributed by atoms with E-state index in [0.717, 1.165) is 23.9 Å². The lowest BCUT2D eigenvalue weighted by atomic mass is 10.3. The van der Waals surface area contributed by atoms with Crippen LogP contribution in [0.25, 0.3) is 0 Å². The van der Waals surface area contributed by atoms with Gasteiger partial charge in [-0.3, -0.25) is 0 Å². The van der Waals surface area contributed by atoms with Gasteiger partial charge in [-0.25, -0.2) is 4.39 Å². The first-order valence-electron chi connectivity index (χ1n) is 5.25. The summed E-state index contributed by atoms with van der Waals surface area (Å²) in [6.45, 7) is 5.32. The summed E-state index contributed by atoms with van der Waals surface area (Å²) >= 11 is 1.93. The average Bonchev–Trinajstić information content (AvgIpc) is 2.17. The van der Waals surface area contributed by atoms with E-state index in [2.05, 4.69) is 19.2 Å². The van der Waals surface area contributed by atoms with Crippen LogP contribution in [-0.2, 0) is 0 Å². The van der Waals surface area contributed by atoms with E-state index < -0.39 is 0 Å². The van der Waals surface area contributed by atoms with Crippen LogP contribution in [0.15, 0.2) is 24.3 Å².